The van der Waals surface area contributed by atoms with Crippen LogP contribution in [0.2, 0.25) is 0 Å². The number of fused-ring (bicyclic) bond motifs is 2. The number of aromatic nitrogens is 1. The fourth-order valence-corrected chi connectivity index (χ4v) is 3.54. The summed E-state index contributed by atoms with van der Waals surface area (Å²) in [6, 6.07) is 10.8. The molecule has 1 aliphatic rings. The molecule has 0 aliphatic carbocycles. The zero-order valence-electron chi connectivity index (χ0n) is 15.5. The van der Waals surface area contributed by atoms with Crippen LogP contribution in [0.4, 0.5) is 5.69 Å². The van der Waals surface area contributed by atoms with E-state index < -0.39 is 5.97 Å². The molecule has 0 atom stereocenters. The third-order valence-corrected chi connectivity index (χ3v) is 5.05. The van der Waals surface area contributed by atoms with E-state index in [4.69, 9.17) is 4.74 Å². The van der Waals surface area contributed by atoms with E-state index in [1.807, 2.05) is 18.2 Å². The average molecular weight is 376 g/mol. The normalized spacial score (nSPS) is 13.1. The van der Waals surface area contributed by atoms with Gasteiger partial charge in [0, 0.05) is 34.8 Å². The Bertz CT molecular complexity index is 1100. The van der Waals surface area contributed by atoms with Gasteiger partial charge in [0.1, 0.15) is 0 Å². The molecule has 1 aromatic heterocycles. The van der Waals surface area contributed by atoms with Crippen molar-refractivity contribution in [2.45, 2.75) is 26.2 Å². The highest BCUT2D eigenvalue weighted by Crippen LogP contribution is 2.25. The Morgan fingerprint density at radius 1 is 1.14 bits per heavy atom. The van der Waals surface area contributed by atoms with Crippen LogP contribution in [0, 0.1) is 0 Å². The molecule has 6 heteroatoms. The molecule has 142 valence electrons. The number of carbonyl (C=O) groups excluding carboxylic acids is 3. The van der Waals surface area contributed by atoms with Crippen LogP contribution in [0.5, 0.6) is 0 Å². The van der Waals surface area contributed by atoms with Crippen LogP contribution in [0.15, 0.2) is 42.6 Å². The lowest BCUT2D eigenvalue weighted by molar-refractivity contribution is -0.116. The first-order valence-electron chi connectivity index (χ1n) is 9.29. The number of hydrogen-bond acceptors (Lipinski definition) is 4. The number of anilines is 1. The number of Topliss-reactive ketones (excluding diaryl/α,β-unsaturated/α-hetero) is 1. The van der Waals surface area contributed by atoms with Crippen molar-refractivity contribution >= 4 is 34.3 Å². The van der Waals surface area contributed by atoms with Crippen LogP contribution < -0.4 is 5.32 Å². The van der Waals surface area contributed by atoms with Crippen LogP contribution in [0.1, 0.15) is 45.2 Å². The van der Waals surface area contributed by atoms with Crippen molar-refractivity contribution in [2.24, 2.45) is 0 Å². The molecule has 6 nitrogen and oxygen atoms in total. The molecule has 2 N–H and O–H groups in total. The average Bonchev–Trinajstić information content (AvgIpc) is 3.15. The Kier molecular flexibility index (Phi) is 4.69. The van der Waals surface area contributed by atoms with Gasteiger partial charge in [0.15, 0.2) is 6.61 Å². The van der Waals surface area contributed by atoms with Crippen LogP contribution in [-0.4, -0.2) is 29.3 Å². The fraction of sp³-hybridized carbons (Fsp3) is 0.227. The molecule has 28 heavy (non-hydrogen) atoms. The number of H-pyrrole nitrogens is 1. The number of ether oxygens (including phenoxy) is 1. The summed E-state index contributed by atoms with van der Waals surface area (Å²) in [6.45, 7) is 1.73. The molecular weight excluding hydrogens is 356 g/mol. The molecule has 0 fully saturated rings. The number of carbonyl (C=O) groups is 3. The van der Waals surface area contributed by atoms with E-state index in [-0.39, 0.29) is 18.3 Å². The SMILES string of the molecule is CCc1cccc2c(C(=O)COC(=O)c3ccc4c(c3)CCC(=O)N4)c[nH]c12. The van der Waals surface area contributed by atoms with Crippen LogP contribution >= 0.6 is 0 Å². The highest BCUT2D eigenvalue weighted by Gasteiger charge is 2.19. The number of rotatable bonds is 5. The number of ketones is 1. The van der Waals surface area contributed by atoms with Crippen LogP contribution in [0.25, 0.3) is 10.9 Å². The predicted octanol–water partition coefficient (Wildman–Crippen LogP) is 3.65. The van der Waals surface area contributed by atoms with Gasteiger partial charge >= 0.3 is 5.97 Å². The molecule has 2 aromatic carbocycles. The first kappa shape index (κ1) is 18.0. The standard InChI is InChI=1S/C22H20N2O4/c1-2-13-4-3-5-16-17(11-23-21(13)16)19(25)12-28-22(27)15-6-8-18-14(10-15)7-9-20(26)24-18/h3-6,8,10-11,23H,2,7,9,12H2,1H3,(H,24,26). The van der Waals surface area contributed by atoms with Gasteiger partial charge in [-0.05, 0) is 42.2 Å². The smallest absolute Gasteiger partial charge is 0.338 e. The maximum Gasteiger partial charge on any atom is 0.338 e. The summed E-state index contributed by atoms with van der Waals surface area (Å²) in [6.07, 6.45) is 3.50. The maximum absolute atomic E-state index is 12.6. The van der Waals surface area contributed by atoms with Gasteiger partial charge in [0.05, 0.1) is 5.56 Å². The molecule has 0 saturated carbocycles. The predicted molar refractivity (Wildman–Crippen MR) is 106 cm³/mol. The summed E-state index contributed by atoms with van der Waals surface area (Å²) in [7, 11) is 0. The first-order valence-corrected chi connectivity index (χ1v) is 9.29. The first-order chi connectivity index (χ1) is 13.6. The second-order valence-corrected chi connectivity index (χ2v) is 6.82. The largest absolute Gasteiger partial charge is 0.454 e. The van der Waals surface area contributed by atoms with E-state index in [9.17, 15) is 14.4 Å². The highest BCUT2D eigenvalue weighted by atomic mass is 16.5. The van der Waals surface area contributed by atoms with E-state index >= 15 is 0 Å². The molecule has 0 radical (unpaired) electrons. The van der Waals surface area contributed by atoms with Gasteiger partial charge in [-0.2, -0.15) is 0 Å². The quantitative estimate of drug-likeness (QED) is 0.525. The van der Waals surface area contributed by atoms with Crippen molar-refractivity contribution in [1.82, 2.24) is 4.98 Å². The number of nitrogens with one attached hydrogen (secondary N) is 2. The molecule has 0 saturated heterocycles. The second-order valence-electron chi connectivity index (χ2n) is 6.82. The monoisotopic (exact) mass is 376 g/mol. The Hall–Kier alpha value is -3.41. The molecule has 1 aliphatic heterocycles. The number of para-hydroxylation sites is 1. The zero-order chi connectivity index (χ0) is 19.7. The van der Waals surface area contributed by atoms with E-state index in [1.54, 1.807) is 24.4 Å². The van der Waals surface area contributed by atoms with Gasteiger partial charge in [-0.25, -0.2) is 4.79 Å². The molecule has 0 unspecified atom stereocenters. The molecule has 1 amide bonds. The van der Waals surface area contributed by atoms with Gasteiger partial charge in [-0.3, -0.25) is 9.59 Å². The lowest BCUT2D eigenvalue weighted by atomic mass is 10.0. The summed E-state index contributed by atoms with van der Waals surface area (Å²) >= 11 is 0. The number of aryl methyl sites for hydroxylation is 2. The van der Waals surface area contributed by atoms with Crippen LogP contribution in [-0.2, 0) is 22.4 Å². The summed E-state index contributed by atoms with van der Waals surface area (Å²) < 4.78 is 5.24. The Balaban J connectivity index is 1.47. The zero-order valence-corrected chi connectivity index (χ0v) is 15.5. The minimum absolute atomic E-state index is 0.0293. The van der Waals surface area contributed by atoms with Gasteiger partial charge in [0.2, 0.25) is 11.7 Å². The van der Waals surface area contributed by atoms with Crippen molar-refractivity contribution in [3.63, 3.8) is 0 Å². The van der Waals surface area contributed by atoms with E-state index in [2.05, 4.69) is 17.2 Å². The van der Waals surface area contributed by atoms with Crippen LogP contribution in [0.3, 0.4) is 0 Å². The maximum atomic E-state index is 12.6. The molecular formula is C22H20N2O4. The van der Waals surface area contributed by atoms with Crippen molar-refractivity contribution < 1.29 is 19.1 Å². The van der Waals surface area contributed by atoms with Gasteiger partial charge in [0.25, 0.3) is 0 Å². The number of aromatic amines is 1. The van der Waals surface area contributed by atoms with Gasteiger partial charge in [-0.15, -0.1) is 0 Å². The third-order valence-electron chi connectivity index (χ3n) is 5.05. The van der Waals surface area contributed by atoms with Crippen molar-refractivity contribution in [2.75, 3.05) is 11.9 Å². The van der Waals surface area contributed by atoms with Crippen molar-refractivity contribution in [1.29, 1.82) is 0 Å². The molecule has 4 rings (SSSR count). The topological polar surface area (TPSA) is 88.3 Å². The summed E-state index contributed by atoms with van der Waals surface area (Å²) in [5.74, 6) is -0.835. The van der Waals surface area contributed by atoms with E-state index in [1.165, 1.54) is 0 Å². The van der Waals surface area contributed by atoms with Gasteiger partial charge in [-0.1, -0.05) is 25.1 Å². The van der Waals surface area contributed by atoms with Crippen molar-refractivity contribution in [3.8, 4) is 0 Å². The summed E-state index contributed by atoms with van der Waals surface area (Å²) in [5, 5.41) is 3.61. The summed E-state index contributed by atoms with van der Waals surface area (Å²) in [4.78, 5) is 39.5. The highest BCUT2D eigenvalue weighted by molar-refractivity contribution is 6.09. The Morgan fingerprint density at radius 2 is 2.00 bits per heavy atom. The minimum Gasteiger partial charge on any atom is -0.454 e. The number of esters is 1. The minimum atomic E-state index is -0.554. The molecule has 0 spiro atoms. The Morgan fingerprint density at radius 3 is 2.82 bits per heavy atom. The molecule has 2 heterocycles. The van der Waals surface area contributed by atoms with E-state index in [0.29, 0.717) is 24.0 Å². The van der Waals surface area contributed by atoms with Gasteiger partial charge < -0.3 is 15.0 Å². The molecule has 3 aromatic rings. The second kappa shape index (κ2) is 7.31. The fourth-order valence-electron chi connectivity index (χ4n) is 3.54. The summed E-state index contributed by atoms with van der Waals surface area (Å²) in [5.41, 5.74) is 4.57. The Labute approximate surface area is 161 Å². The third kappa shape index (κ3) is 3.29. The lowest BCUT2D eigenvalue weighted by Crippen LogP contribution is -2.20. The number of amides is 1. The molecule has 0 bridgehead atoms. The lowest BCUT2D eigenvalue weighted by Gasteiger charge is -2.17. The number of benzene rings is 2. The van der Waals surface area contributed by atoms with Crippen molar-refractivity contribution in [3.05, 3.63) is 64.8 Å². The number of hydrogen-bond donors (Lipinski definition) is 2. The van der Waals surface area contributed by atoms with E-state index in [0.717, 1.165) is 34.1 Å².